The smallest absolute Gasteiger partial charge is 0.224 e. The number of ether oxygens (including phenoxy) is 1. The van der Waals surface area contributed by atoms with Gasteiger partial charge in [-0.05, 0) is 30.7 Å². The van der Waals surface area contributed by atoms with E-state index < -0.39 is 5.82 Å². The molecule has 0 bridgehead atoms. The quantitative estimate of drug-likeness (QED) is 0.724. The van der Waals surface area contributed by atoms with Crippen molar-refractivity contribution in [3.05, 3.63) is 29.6 Å². The van der Waals surface area contributed by atoms with Crippen molar-refractivity contribution in [2.75, 3.05) is 20.2 Å². The molecule has 3 N–H and O–H groups in total. The molecule has 0 atom stereocenters. The van der Waals surface area contributed by atoms with E-state index in [0.29, 0.717) is 18.7 Å². The lowest BCUT2D eigenvalue weighted by Crippen LogP contribution is -2.27. The van der Waals surface area contributed by atoms with Crippen molar-refractivity contribution in [2.45, 2.75) is 12.8 Å². The monoisotopic (exact) mass is 240 g/mol. The summed E-state index contributed by atoms with van der Waals surface area (Å²) in [7, 11) is 1.39. The zero-order valence-electron chi connectivity index (χ0n) is 9.83. The highest BCUT2D eigenvalue weighted by atomic mass is 19.1. The topological polar surface area (TPSA) is 64.3 Å². The lowest BCUT2D eigenvalue weighted by Gasteiger charge is -2.06. The molecule has 94 valence electrons. The maximum atomic E-state index is 13.1. The molecule has 0 heterocycles. The number of amides is 1. The largest absolute Gasteiger partial charge is 0.494 e. The first kappa shape index (κ1) is 13.4. The molecule has 1 aromatic rings. The van der Waals surface area contributed by atoms with Crippen LogP contribution in [-0.2, 0) is 11.2 Å². The zero-order valence-corrected chi connectivity index (χ0v) is 9.83. The second-order valence-electron chi connectivity index (χ2n) is 3.64. The lowest BCUT2D eigenvalue weighted by molar-refractivity contribution is -0.120. The van der Waals surface area contributed by atoms with Crippen molar-refractivity contribution < 1.29 is 13.9 Å². The number of methoxy groups -OCH3 is 1. The Bertz CT molecular complexity index is 383. The van der Waals surface area contributed by atoms with E-state index in [-0.39, 0.29) is 18.1 Å². The minimum absolute atomic E-state index is 0.105. The highest BCUT2D eigenvalue weighted by Crippen LogP contribution is 2.18. The SMILES string of the molecule is COc1cc(CC(=O)NCCCN)ccc1F. The van der Waals surface area contributed by atoms with Gasteiger partial charge in [-0.3, -0.25) is 4.79 Å². The van der Waals surface area contributed by atoms with Gasteiger partial charge in [-0.2, -0.15) is 0 Å². The summed E-state index contributed by atoms with van der Waals surface area (Å²) in [6.07, 6.45) is 0.958. The molecule has 1 amide bonds. The Morgan fingerprint density at radius 3 is 2.94 bits per heavy atom. The number of carbonyl (C=O) groups is 1. The van der Waals surface area contributed by atoms with Gasteiger partial charge in [0.05, 0.1) is 13.5 Å². The zero-order chi connectivity index (χ0) is 12.7. The van der Waals surface area contributed by atoms with E-state index in [1.807, 2.05) is 0 Å². The number of rotatable bonds is 6. The molecule has 0 radical (unpaired) electrons. The molecule has 0 aromatic heterocycles. The van der Waals surface area contributed by atoms with Crippen molar-refractivity contribution in [2.24, 2.45) is 5.73 Å². The number of benzene rings is 1. The van der Waals surface area contributed by atoms with Crippen LogP contribution in [0.1, 0.15) is 12.0 Å². The number of carbonyl (C=O) groups excluding carboxylic acids is 1. The van der Waals surface area contributed by atoms with Crippen molar-refractivity contribution in [3.63, 3.8) is 0 Å². The van der Waals surface area contributed by atoms with Crippen LogP contribution in [0.4, 0.5) is 4.39 Å². The first-order valence-electron chi connectivity index (χ1n) is 5.46. The minimum Gasteiger partial charge on any atom is -0.494 e. The van der Waals surface area contributed by atoms with Crippen molar-refractivity contribution in [1.82, 2.24) is 5.32 Å². The van der Waals surface area contributed by atoms with Crippen LogP contribution in [0.15, 0.2) is 18.2 Å². The molecule has 4 nitrogen and oxygen atoms in total. The van der Waals surface area contributed by atoms with Crippen LogP contribution >= 0.6 is 0 Å². The number of hydrogen-bond donors (Lipinski definition) is 2. The van der Waals surface area contributed by atoms with Crippen molar-refractivity contribution in [3.8, 4) is 5.75 Å². The third kappa shape index (κ3) is 4.40. The Labute approximate surface area is 100.0 Å². The summed E-state index contributed by atoms with van der Waals surface area (Å²) >= 11 is 0. The molecule has 0 saturated heterocycles. The predicted molar refractivity (Wildman–Crippen MR) is 63.3 cm³/mol. The highest BCUT2D eigenvalue weighted by molar-refractivity contribution is 5.78. The summed E-state index contributed by atoms with van der Waals surface area (Å²) in [5.41, 5.74) is 6.03. The molecule has 0 aliphatic carbocycles. The van der Waals surface area contributed by atoms with E-state index >= 15 is 0 Å². The van der Waals surface area contributed by atoms with E-state index in [4.69, 9.17) is 10.5 Å². The number of nitrogens with two attached hydrogens (primary N) is 1. The van der Waals surface area contributed by atoms with E-state index in [1.54, 1.807) is 6.07 Å². The molecule has 17 heavy (non-hydrogen) atoms. The Balaban J connectivity index is 2.53. The van der Waals surface area contributed by atoms with E-state index in [0.717, 1.165) is 6.42 Å². The predicted octanol–water partition coefficient (Wildman–Crippen LogP) is 0.842. The summed E-state index contributed by atoms with van der Waals surface area (Å²) in [5, 5.41) is 2.73. The van der Waals surface area contributed by atoms with Gasteiger partial charge in [-0.25, -0.2) is 4.39 Å². The van der Waals surface area contributed by atoms with Crippen LogP contribution < -0.4 is 15.8 Å². The molecule has 5 heteroatoms. The van der Waals surface area contributed by atoms with Crippen LogP contribution in [0.2, 0.25) is 0 Å². The van der Waals surface area contributed by atoms with Crippen molar-refractivity contribution in [1.29, 1.82) is 0 Å². The average Bonchev–Trinajstić information content (AvgIpc) is 2.32. The standard InChI is InChI=1S/C12H17FN2O2/c1-17-11-7-9(3-4-10(11)13)8-12(16)15-6-2-5-14/h3-4,7H,2,5-6,8,14H2,1H3,(H,15,16). The summed E-state index contributed by atoms with van der Waals surface area (Å²) < 4.78 is 18.0. The number of hydrogen-bond acceptors (Lipinski definition) is 3. The molecular weight excluding hydrogens is 223 g/mol. The van der Waals surface area contributed by atoms with Crippen molar-refractivity contribution >= 4 is 5.91 Å². The number of halogens is 1. The van der Waals surface area contributed by atoms with Crippen LogP contribution in [0, 0.1) is 5.82 Å². The van der Waals surface area contributed by atoms with E-state index in [9.17, 15) is 9.18 Å². The van der Waals surface area contributed by atoms with Gasteiger partial charge >= 0.3 is 0 Å². The van der Waals surface area contributed by atoms with Gasteiger partial charge < -0.3 is 15.8 Å². The molecule has 0 saturated carbocycles. The molecule has 0 unspecified atom stereocenters. The van der Waals surface area contributed by atoms with Gasteiger partial charge in [0.2, 0.25) is 5.91 Å². The van der Waals surface area contributed by atoms with Gasteiger partial charge in [0.25, 0.3) is 0 Å². The lowest BCUT2D eigenvalue weighted by atomic mass is 10.1. The number of nitrogens with one attached hydrogen (secondary N) is 1. The van der Waals surface area contributed by atoms with Gasteiger partial charge in [0.15, 0.2) is 11.6 Å². The second kappa shape index (κ2) is 6.85. The molecule has 1 aromatic carbocycles. The van der Waals surface area contributed by atoms with Gasteiger partial charge in [-0.15, -0.1) is 0 Å². The fourth-order valence-electron chi connectivity index (χ4n) is 1.39. The van der Waals surface area contributed by atoms with Gasteiger partial charge in [0, 0.05) is 6.54 Å². The molecule has 0 aliphatic heterocycles. The van der Waals surface area contributed by atoms with Crippen LogP contribution in [0.25, 0.3) is 0 Å². The maximum absolute atomic E-state index is 13.1. The van der Waals surface area contributed by atoms with Crippen LogP contribution in [-0.4, -0.2) is 26.1 Å². The summed E-state index contributed by atoms with van der Waals surface area (Å²) in [5.74, 6) is -0.385. The molecule has 1 rings (SSSR count). The highest BCUT2D eigenvalue weighted by Gasteiger charge is 2.07. The van der Waals surface area contributed by atoms with Crippen LogP contribution in [0.3, 0.4) is 0 Å². The molecular formula is C12H17FN2O2. The van der Waals surface area contributed by atoms with Crippen LogP contribution in [0.5, 0.6) is 5.75 Å². The fraction of sp³-hybridized carbons (Fsp3) is 0.417. The average molecular weight is 240 g/mol. The third-order valence-electron chi connectivity index (χ3n) is 2.28. The first-order valence-corrected chi connectivity index (χ1v) is 5.46. The maximum Gasteiger partial charge on any atom is 0.224 e. The normalized spacial score (nSPS) is 10.1. The summed E-state index contributed by atoms with van der Waals surface area (Å²) in [6, 6.07) is 4.39. The third-order valence-corrected chi connectivity index (χ3v) is 2.28. The Morgan fingerprint density at radius 2 is 2.29 bits per heavy atom. The fourth-order valence-corrected chi connectivity index (χ4v) is 1.39. The Kier molecular flexibility index (Phi) is 5.42. The molecule has 0 spiro atoms. The Hall–Kier alpha value is -1.62. The Morgan fingerprint density at radius 1 is 1.53 bits per heavy atom. The summed E-state index contributed by atoms with van der Waals surface area (Å²) in [6.45, 7) is 1.11. The van der Waals surface area contributed by atoms with E-state index in [1.165, 1.54) is 19.2 Å². The van der Waals surface area contributed by atoms with Gasteiger partial charge in [-0.1, -0.05) is 6.07 Å². The molecule has 0 aliphatic rings. The summed E-state index contributed by atoms with van der Waals surface area (Å²) in [4.78, 5) is 11.5. The molecule has 0 fully saturated rings. The minimum atomic E-state index is -0.431. The first-order chi connectivity index (χ1) is 8.17. The van der Waals surface area contributed by atoms with E-state index in [2.05, 4.69) is 5.32 Å². The second-order valence-corrected chi connectivity index (χ2v) is 3.64. The van der Waals surface area contributed by atoms with Gasteiger partial charge in [0.1, 0.15) is 0 Å².